The lowest BCUT2D eigenvalue weighted by Gasteiger charge is -2.44. The lowest BCUT2D eigenvalue weighted by molar-refractivity contribution is -0.208. The first-order valence-corrected chi connectivity index (χ1v) is 13.8. The fourth-order valence-electron chi connectivity index (χ4n) is 3.92. The number of thiazole rings is 1. The van der Waals surface area contributed by atoms with Gasteiger partial charge in [0.2, 0.25) is 0 Å². The van der Waals surface area contributed by atoms with Gasteiger partial charge in [0.05, 0.1) is 6.20 Å². The van der Waals surface area contributed by atoms with Gasteiger partial charge in [0.25, 0.3) is 0 Å². The molecule has 4 heterocycles. The fraction of sp³-hybridized carbons (Fsp3) is 0.435. The number of carbonyl (C=O) groups excluding carboxylic acids is 2. The molecule has 5 unspecified atom stereocenters. The molecule has 0 radical (unpaired) electrons. The lowest BCUT2D eigenvalue weighted by atomic mass is 9.96. The van der Waals surface area contributed by atoms with E-state index in [1.54, 1.807) is 16.9 Å². The number of thioether (sulfide) groups is 1. The number of methoxy groups -OCH3 is 1. The quantitative estimate of drug-likeness (QED) is 0.339. The van der Waals surface area contributed by atoms with Gasteiger partial charge < -0.3 is 18.9 Å². The molecule has 1 fully saturated rings. The Bertz CT molecular complexity index is 1360. The van der Waals surface area contributed by atoms with Gasteiger partial charge in [-0.1, -0.05) is 17.0 Å². The average Bonchev–Trinajstić information content (AvgIpc) is 3.52. The SMILES string of the molecule is COC1C(Sc2cc(Br)cnc2C#N)OC(COC(C)=O)C(OC(C)=O)C1n1cc(-c2nc(C)cs2)nn1. The summed E-state index contributed by atoms with van der Waals surface area (Å²) in [6.45, 7) is 4.25. The van der Waals surface area contributed by atoms with E-state index < -0.39 is 41.7 Å². The topological polar surface area (TPSA) is 151 Å². The van der Waals surface area contributed by atoms with Crippen molar-refractivity contribution >= 4 is 51.0 Å². The predicted molar refractivity (Wildman–Crippen MR) is 139 cm³/mol. The summed E-state index contributed by atoms with van der Waals surface area (Å²) in [5, 5.41) is 20.8. The zero-order valence-corrected chi connectivity index (χ0v) is 23.9. The minimum Gasteiger partial charge on any atom is -0.463 e. The minimum atomic E-state index is -0.947. The number of hydrogen-bond donors (Lipinski definition) is 0. The minimum absolute atomic E-state index is 0.188. The van der Waals surface area contributed by atoms with Crippen LogP contribution in [-0.4, -0.2) is 74.4 Å². The summed E-state index contributed by atoms with van der Waals surface area (Å²) in [6.07, 6.45) is 0.659. The van der Waals surface area contributed by atoms with Crippen molar-refractivity contribution in [1.29, 1.82) is 5.26 Å². The Morgan fingerprint density at radius 1 is 1.32 bits per heavy atom. The second-order valence-corrected chi connectivity index (χ2v) is 11.1. The molecule has 1 aliphatic heterocycles. The van der Waals surface area contributed by atoms with Gasteiger partial charge in [-0.05, 0) is 28.9 Å². The standard InChI is InChI=1S/C23H23BrN6O6S2/c1-11-10-37-22(27-11)16-8-30(29-28-16)19-20(35-13(3)32)17(9-34-12(2)31)36-23(21(19)33-4)38-18-5-14(24)7-26-15(18)6-25/h5,7-8,10,17,19-21,23H,9H2,1-4H3. The van der Waals surface area contributed by atoms with E-state index in [-0.39, 0.29) is 12.3 Å². The third-order valence-corrected chi connectivity index (χ3v) is 8.06. The van der Waals surface area contributed by atoms with Gasteiger partial charge in [-0.2, -0.15) is 5.26 Å². The van der Waals surface area contributed by atoms with Crippen LogP contribution in [0.3, 0.4) is 0 Å². The van der Waals surface area contributed by atoms with Crippen LogP contribution in [0.2, 0.25) is 0 Å². The van der Waals surface area contributed by atoms with Crippen molar-refractivity contribution in [3.63, 3.8) is 0 Å². The normalized spacial score (nSPS) is 23.0. The molecule has 3 aromatic heterocycles. The summed E-state index contributed by atoms with van der Waals surface area (Å²) < 4.78 is 25.4. The smallest absolute Gasteiger partial charge is 0.303 e. The number of aryl methyl sites for hydroxylation is 1. The van der Waals surface area contributed by atoms with Crippen molar-refractivity contribution < 1.29 is 28.5 Å². The van der Waals surface area contributed by atoms with Crippen molar-refractivity contribution in [2.24, 2.45) is 0 Å². The highest BCUT2D eigenvalue weighted by Gasteiger charge is 2.50. The van der Waals surface area contributed by atoms with E-state index in [2.05, 4.69) is 42.3 Å². The molecular formula is C23H23BrN6O6S2. The first-order valence-electron chi connectivity index (χ1n) is 11.3. The van der Waals surface area contributed by atoms with Crippen LogP contribution < -0.4 is 0 Å². The summed E-state index contributed by atoms with van der Waals surface area (Å²) in [5.41, 5.74) is 0.853. The molecule has 0 N–H and O–H groups in total. The van der Waals surface area contributed by atoms with Crippen LogP contribution in [0.15, 0.2) is 33.2 Å². The summed E-state index contributed by atoms with van der Waals surface area (Å²) in [5.74, 6) is -1.08. The van der Waals surface area contributed by atoms with Crippen molar-refractivity contribution in [3.8, 4) is 16.8 Å². The molecule has 5 atom stereocenters. The van der Waals surface area contributed by atoms with Crippen molar-refractivity contribution in [2.75, 3.05) is 13.7 Å². The molecule has 15 heteroatoms. The van der Waals surface area contributed by atoms with Gasteiger partial charge in [0.1, 0.15) is 47.1 Å². The number of esters is 2. The Morgan fingerprint density at radius 2 is 2.11 bits per heavy atom. The molecule has 4 rings (SSSR count). The van der Waals surface area contributed by atoms with E-state index in [1.807, 2.05) is 12.3 Å². The van der Waals surface area contributed by atoms with Gasteiger partial charge in [0, 0.05) is 47.6 Å². The largest absolute Gasteiger partial charge is 0.463 e. The van der Waals surface area contributed by atoms with Gasteiger partial charge >= 0.3 is 11.9 Å². The van der Waals surface area contributed by atoms with E-state index in [4.69, 9.17) is 18.9 Å². The molecule has 0 spiro atoms. The number of rotatable bonds is 8. The summed E-state index contributed by atoms with van der Waals surface area (Å²) >= 11 is 6.03. The summed E-state index contributed by atoms with van der Waals surface area (Å²) in [6, 6.07) is 3.09. The van der Waals surface area contributed by atoms with Crippen molar-refractivity contribution in [1.82, 2.24) is 25.0 Å². The first kappa shape index (κ1) is 28.1. The average molecular weight is 624 g/mol. The number of aromatic nitrogens is 5. The molecule has 0 bridgehead atoms. The molecule has 200 valence electrons. The van der Waals surface area contributed by atoms with Crippen LogP contribution in [0.1, 0.15) is 31.3 Å². The molecule has 0 aliphatic carbocycles. The van der Waals surface area contributed by atoms with Crippen LogP contribution >= 0.6 is 39.0 Å². The zero-order valence-electron chi connectivity index (χ0n) is 20.7. The molecular weight excluding hydrogens is 600 g/mol. The number of hydrogen-bond acceptors (Lipinski definition) is 13. The van der Waals surface area contributed by atoms with Gasteiger partial charge in [-0.3, -0.25) is 9.59 Å². The maximum Gasteiger partial charge on any atom is 0.303 e. The third-order valence-electron chi connectivity index (χ3n) is 5.46. The van der Waals surface area contributed by atoms with E-state index in [0.717, 1.165) is 5.69 Å². The summed E-state index contributed by atoms with van der Waals surface area (Å²) in [4.78, 5) is 33.0. The van der Waals surface area contributed by atoms with Crippen molar-refractivity contribution in [2.45, 2.75) is 55.5 Å². The number of ether oxygens (including phenoxy) is 4. The van der Waals surface area contributed by atoms with Crippen LogP contribution in [0.5, 0.6) is 0 Å². The Kier molecular flexibility index (Phi) is 9.11. The molecule has 1 aliphatic rings. The number of halogens is 1. The number of nitrogens with zero attached hydrogens (tertiary/aromatic N) is 6. The van der Waals surface area contributed by atoms with Crippen LogP contribution in [0.4, 0.5) is 0 Å². The Balaban J connectivity index is 1.77. The van der Waals surface area contributed by atoms with Crippen molar-refractivity contribution in [3.05, 3.63) is 39.7 Å². The molecule has 0 saturated carbocycles. The zero-order chi connectivity index (χ0) is 27.4. The highest BCUT2D eigenvalue weighted by atomic mass is 79.9. The van der Waals surface area contributed by atoms with Crippen LogP contribution in [-0.2, 0) is 28.5 Å². The van der Waals surface area contributed by atoms with Crippen LogP contribution in [0.25, 0.3) is 10.7 Å². The van der Waals surface area contributed by atoms with E-state index in [9.17, 15) is 14.9 Å². The second-order valence-electron chi connectivity index (χ2n) is 8.22. The first-order chi connectivity index (χ1) is 18.2. The Morgan fingerprint density at radius 3 is 2.74 bits per heavy atom. The number of pyridine rings is 1. The predicted octanol–water partition coefficient (Wildman–Crippen LogP) is 3.31. The highest BCUT2D eigenvalue weighted by Crippen LogP contribution is 2.42. The van der Waals surface area contributed by atoms with E-state index in [0.29, 0.717) is 20.1 Å². The van der Waals surface area contributed by atoms with Gasteiger partial charge in [0.15, 0.2) is 11.8 Å². The molecule has 1 saturated heterocycles. The maximum atomic E-state index is 12.2. The highest BCUT2D eigenvalue weighted by molar-refractivity contribution is 9.10. The second kappa shape index (κ2) is 12.3. The van der Waals surface area contributed by atoms with Gasteiger partial charge in [-0.25, -0.2) is 14.6 Å². The van der Waals surface area contributed by atoms with Gasteiger partial charge in [-0.15, -0.1) is 16.4 Å². The molecule has 12 nitrogen and oxygen atoms in total. The Labute approximate surface area is 234 Å². The molecule has 3 aromatic rings. The van der Waals surface area contributed by atoms with E-state index in [1.165, 1.54) is 50.3 Å². The fourth-order valence-corrected chi connectivity index (χ4v) is 6.41. The molecule has 0 aromatic carbocycles. The monoisotopic (exact) mass is 622 g/mol. The lowest BCUT2D eigenvalue weighted by Crippen LogP contribution is -2.57. The maximum absolute atomic E-state index is 12.2. The number of carbonyl (C=O) groups is 2. The Hall–Kier alpha value is -2.90. The summed E-state index contributed by atoms with van der Waals surface area (Å²) in [7, 11) is 1.50. The van der Waals surface area contributed by atoms with E-state index >= 15 is 0 Å². The van der Waals surface area contributed by atoms with Crippen LogP contribution in [0, 0.1) is 18.3 Å². The number of nitriles is 1. The third kappa shape index (κ3) is 6.38. The molecule has 0 amide bonds. The molecule has 38 heavy (non-hydrogen) atoms.